The van der Waals surface area contributed by atoms with Crippen LogP contribution < -0.4 is 0 Å². The van der Waals surface area contributed by atoms with Crippen LogP contribution in [0.15, 0.2) is 12.2 Å². The van der Waals surface area contributed by atoms with Crippen LogP contribution in [0.4, 0.5) is 0 Å². The molecule has 0 aromatic heterocycles. The maximum absolute atomic E-state index is 6.11. The third kappa shape index (κ3) is 2.14. The van der Waals surface area contributed by atoms with Crippen LogP contribution in [0.3, 0.4) is 0 Å². The molecular weight excluding hydrogens is 224 g/mol. The van der Waals surface area contributed by atoms with E-state index in [2.05, 4.69) is 19.1 Å². The lowest BCUT2D eigenvalue weighted by atomic mass is 9.72. The molecule has 102 valence electrons. The number of allylic oxidation sites excluding steroid dienone is 1. The minimum absolute atomic E-state index is 0.240. The van der Waals surface area contributed by atoms with E-state index < -0.39 is 0 Å². The summed E-state index contributed by atoms with van der Waals surface area (Å²) in [7, 11) is 0. The Hall–Kier alpha value is -0.340. The molecule has 0 radical (unpaired) electrons. The van der Waals surface area contributed by atoms with Crippen molar-refractivity contribution in [1.82, 2.24) is 0 Å². The van der Waals surface area contributed by atoms with Gasteiger partial charge in [0.1, 0.15) is 0 Å². The van der Waals surface area contributed by atoms with Crippen LogP contribution in [-0.2, 0) is 9.47 Å². The molecule has 1 saturated carbocycles. The van der Waals surface area contributed by atoms with Gasteiger partial charge in [0.2, 0.25) is 0 Å². The van der Waals surface area contributed by atoms with E-state index in [4.69, 9.17) is 9.47 Å². The minimum atomic E-state index is -0.240. The number of rotatable bonds is 5. The molecule has 3 unspecified atom stereocenters. The lowest BCUT2D eigenvalue weighted by Crippen LogP contribution is -2.48. The lowest BCUT2D eigenvalue weighted by molar-refractivity contribution is -0.237. The molecule has 2 heteroatoms. The second kappa shape index (κ2) is 5.34. The fourth-order valence-corrected chi connectivity index (χ4v) is 4.11. The van der Waals surface area contributed by atoms with Gasteiger partial charge in [-0.3, -0.25) is 0 Å². The van der Waals surface area contributed by atoms with E-state index in [1.807, 2.05) is 0 Å². The Morgan fingerprint density at radius 3 is 2.67 bits per heavy atom. The number of hydrogen-bond acceptors (Lipinski definition) is 2. The highest BCUT2D eigenvalue weighted by atomic mass is 16.7. The first-order chi connectivity index (χ1) is 8.85. The maximum atomic E-state index is 6.11. The summed E-state index contributed by atoms with van der Waals surface area (Å²) in [5.74, 6) is 1.70. The number of ether oxygens (including phenoxy) is 2. The topological polar surface area (TPSA) is 18.5 Å². The van der Waals surface area contributed by atoms with Gasteiger partial charge in [0, 0.05) is 11.8 Å². The Balaban J connectivity index is 1.64. The quantitative estimate of drug-likeness (QED) is 0.544. The fourth-order valence-electron chi connectivity index (χ4n) is 4.11. The van der Waals surface area contributed by atoms with Crippen LogP contribution in [-0.4, -0.2) is 19.0 Å². The normalized spacial score (nSPS) is 36.6. The van der Waals surface area contributed by atoms with Crippen molar-refractivity contribution in [1.29, 1.82) is 0 Å². The van der Waals surface area contributed by atoms with Gasteiger partial charge >= 0.3 is 0 Å². The van der Waals surface area contributed by atoms with Gasteiger partial charge < -0.3 is 9.47 Å². The molecule has 0 N–H and O–H groups in total. The predicted octanol–water partition coefficient (Wildman–Crippen LogP) is 3.91. The average Bonchev–Trinajstić information content (AvgIpc) is 2.99. The van der Waals surface area contributed by atoms with Gasteiger partial charge in [-0.25, -0.2) is 0 Å². The van der Waals surface area contributed by atoms with E-state index in [9.17, 15) is 0 Å². The highest BCUT2D eigenvalue weighted by Gasteiger charge is 2.54. The molecule has 0 aromatic rings. The zero-order chi connectivity index (χ0) is 12.4. The average molecular weight is 250 g/mol. The molecule has 1 heterocycles. The largest absolute Gasteiger partial charge is 0.347 e. The number of unbranched alkanes of at least 4 members (excludes halogenated alkanes) is 3. The van der Waals surface area contributed by atoms with Crippen LogP contribution in [0.1, 0.15) is 51.9 Å². The van der Waals surface area contributed by atoms with Gasteiger partial charge in [0.05, 0.1) is 13.2 Å². The molecule has 2 aliphatic carbocycles. The molecule has 2 nitrogen and oxygen atoms in total. The summed E-state index contributed by atoms with van der Waals surface area (Å²) in [5.41, 5.74) is 0. The standard InChI is InChI=1S/C16H26O2/c1-2-3-4-5-6-14-11-13-7-8-15(12-13)16(14)17-9-10-18-16/h7-8,13-15H,2-6,9-12H2,1H3. The van der Waals surface area contributed by atoms with Gasteiger partial charge in [-0.05, 0) is 25.2 Å². The van der Waals surface area contributed by atoms with Crippen LogP contribution in [0.5, 0.6) is 0 Å². The van der Waals surface area contributed by atoms with Crippen molar-refractivity contribution in [2.24, 2.45) is 17.8 Å². The van der Waals surface area contributed by atoms with Crippen LogP contribution in [0.25, 0.3) is 0 Å². The van der Waals surface area contributed by atoms with Gasteiger partial charge in [-0.2, -0.15) is 0 Å². The van der Waals surface area contributed by atoms with E-state index >= 15 is 0 Å². The van der Waals surface area contributed by atoms with E-state index in [1.54, 1.807) is 0 Å². The van der Waals surface area contributed by atoms with Crippen molar-refractivity contribution in [2.75, 3.05) is 13.2 Å². The van der Waals surface area contributed by atoms with Crippen LogP contribution in [0, 0.1) is 17.8 Å². The minimum Gasteiger partial charge on any atom is -0.347 e. The maximum Gasteiger partial charge on any atom is 0.177 e. The molecule has 0 amide bonds. The molecule has 3 rings (SSSR count). The SMILES string of the molecule is CCCCCCC1CC2C=CC(C2)C12OCCO2. The Kier molecular flexibility index (Phi) is 3.76. The fraction of sp³-hybridized carbons (Fsp3) is 0.875. The highest BCUT2D eigenvalue weighted by Crippen LogP contribution is 2.52. The van der Waals surface area contributed by atoms with E-state index in [-0.39, 0.29) is 5.79 Å². The van der Waals surface area contributed by atoms with Crippen molar-refractivity contribution in [3.05, 3.63) is 12.2 Å². The summed E-state index contributed by atoms with van der Waals surface area (Å²) >= 11 is 0. The summed E-state index contributed by atoms with van der Waals surface area (Å²) in [6.07, 6.45) is 14.0. The Labute approximate surface area is 111 Å². The van der Waals surface area contributed by atoms with E-state index in [1.165, 1.54) is 44.9 Å². The van der Waals surface area contributed by atoms with E-state index in [0.717, 1.165) is 19.1 Å². The summed E-state index contributed by atoms with van der Waals surface area (Å²) in [4.78, 5) is 0. The molecule has 2 bridgehead atoms. The molecule has 2 fully saturated rings. The van der Waals surface area contributed by atoms with Crippen molar-refractivity contribution in [2.45, 2.75) is 57.7 Å². The van der Waals surface area contributed by atoms with Crippen LogP contribution >= 0.6 is 0 Å². The molecule has 3 atom stereocenters. The van der Waals surface area contributed by atoms with Crippen molar-refractivity contribution < 1.29 is 9.47 Å². The molecular formula is C16H26O2. The Morgan fingerprint density at radius 2 is 1.89 bits per heavy atom. The second-order valence-electron chi connectivity index (χ2n) is 6.19. The second-order valence-corrected chi connectivity index (χ2v) is 6.19. The predicted molar refractivity (Wildman–Crippen MR) is 72.2 cm³/mol. The first kappa shape index (κ1) is 12.7. The molecule has 3 aliphatic rings. The number of fused-ring (bicyclic) bond motifs is 3. The van der Waals surface area contributed by atoms with Crippen molar-refractivity contribution >= 4 is 0 Å². The summed E-state index contributed by atoms with van der Waals surface area (Å²) in [6.45, 7) is 3.86. The Morgan fingerprint density at radius 1 is 1.06 bits per heavy atom. The third-order valence-electron chi connectivity index (χ3n) is 4.99. The summed E-state index contributed by atoms with van der Waals surface area (Å²) in [6, 6.07) is 0. The third-order valence-corrected chi connectivity index (χ3v) is 4.99. The molecule has 1 spiro atoms. The van der Waals surface area contributed by atoms with Gasteiger partial charge in [-0.15, -0.1) is 0 Å². The monoisotopic (exact) mass is 250 g/mol. The molecule has 0 aromatic carbocycles. The van der Waals surface area contributed by atoms with Gasteiger partial charge in [0.15, 0.2) is 5.79 Å². The molecule has 1 aliphatic heterocycles. The number of hydrogen-bond donors (Lipinski definition) is 0. The van der Waals surface area contributed by atoms with Gasteiger partial charge in [-0.1, -0.05) is 44.8 Å². The smallest absolute Gasteiger partial charge is 0.177 e. The van der Waals surface area contributed by atoms with Crippen molar-refractivity contribution in [3.63, 3.8) is 0 Å². The highest BCUT2D eigenvalue weighted by molar-refractivity contribution is 5.13. The van der Waals surface area contributed by atoms with E-state index in [0.29, 0.717) is 11.8 Å². The van der Waals surface area contributed by atoms with Gasteiger partial charge in [0.25, 0.3) is 0 Å². The zero-order valence-electron chi connectivity index (χ0n) is 11.6. The van der Waals surface area contributed by atoms with Crippen LogP contribution in [0.2, 0.25) is 0 Å². The summed E-state index contributed by atoms with van der Waals surface area (Å²) < 4.78 is 12.2. The van der Waals surface area contributed by atoms with Crippen molar-refractivity contribution in [3.8, 4) is 0 Å². The Bertz CT molecular complexity index is 304. The lowest BCUT2D eigenvalue weighted by Gasteiger charge is -2.44. The first-order valence-electron chi connectivity index (χ1n) is 7.81. The molecule has 18 heavy (non-hydrogen) atoms. The first-order valence-corrected chi connectivity index (χ1v) is 7.81. The zero-order valence-corrected chi connectivity index (χ0v) is 11.6. The summed E-state index contributed by atoms with van der Waals surface area (Å²) in [5, 5.41) is 0. The molecule has 1 saturated heterocycles.